The summed E-state index contributed by atoms with van der Waals surface area (Å²) in [7, 11) is 3.77. The minimum absolute atomic E-state index is 0.131. The Kier molecular flexibility index (Phi) is 5.12. The first-order valence-corrected chi connectivity index (χ1v) is 9.41. The molecule has 0 saturated carbocycles. The van der Waals surface area contributed by atoms with Crippen LogP contribution in [0.4, 0.5) is 11.4 Å². The van der Waals surface area contributed by atoms with Crippen LogP contribution in [-0.4, -0.2) is 56.1 Å². The van der Waals surface area contributed by atoms with Gasteiger partial charge >= 0.3 is 0 Å². The maximum Gasteiger partial charge on any atom is 0.255 e. The van der Waals surface area contributed by atoms with Crippen LogP contribution < -0.4 is 15.0 Å². The lowest BCUT2D eigenvalue weighted by atomic mass is 10.1. The number of methoxy groups -OCH3 is 1. The summed E-state index contributed by atoms with van der Waals surface area (Å²) in [5, 5.41) is 4.78. The summed E-state index contributed by atoms with van der Waals surface area (Å²) in [6.07, 6.45) is 3.46. The largest absolute Gasteiger partial charge is 0.496 e. The number of likely N-dealkylation sites (N-methyl/N-ethyl adjacent to an activating group) is 1. The lowest BCUT2D eigenvalue weighted by Crippen LogP contribution is -2.44. The average molecular weight is 376 g/mol. The topological polar surface area (TPSA) is 57.7 Å². The number of ether oxygens (including phenoxy) is 1. The molecule has 3 aromatic rings. The number of aromatic nitrogens is 1. The van der Waals surface area contributed by atoms with E-state index in [2.05, 4.69) is 27.1 Å². The zero-order chi connectivity index (χ0) is 19.5. The Bertz CT molecular complexity index is 979. The van der Waals surface area contributed by atoms with Gasteiger partial charge in [0.15, 0.2) is 0 Å². The van der Waals surface area contributed by atoms with Gasteiger partial charge in [0.05, 0.1) is 7.11 Å². The summed E-state index contributed by atoms with van der Waals surface area (Å²) in [5.74, 6) is 0.603. The van der Waals surface area contributed by atoms with E-state index >= 15 is 0 Å². The predicted molar refractivity (Wildman–Crippen MR) is 112 cm³/mol. The van der Waals surface area contributed by atoms with Crippen molar-refractivity contribution in [3.63, 3.8) is 0 Å². The second-order valence-electron chi connectivity index (χ2n) is 7.03. The minimum atomic E-state index is -0.131. The van der Waals surface area contributed by atoms with Crippen molar-refractivity contribution in [3.05, 3.63) is 60.4 Å². The average Bonchev–Trinajstić information content (AvgIpc) is 2.74. The Morgan fingerprint density at radius 2 is 1.75 bits per heavy atom. The number of benzene rings is 2. The molecular formula is C22H24N4O2. The summed E-state index contributed by atoms with van der Waals surface area (Å²) in [6, 6.07) is 13.4. The molecule has 1 aromatic heterocycles. The van der Waals surface area contributed by atoms with E-state index < -0.39 is 0 Å². The van der Waals surface area contributed by atoms with Crippen LogP contribution in [0.5, 0.6) is 5.75 Å². The molecule has 0 radical (unpaired) electrons. The fourth-order valence-electron chi connectivity index (χ4n) is 3.53. The number of hydrogen-bond donors (Lipinski definition) is 1. The lowest BCUT2D eigenvalue weighted by molar-refractivity contribution is 0.102. The number of nitrogens with zero attached hydrogens (tertiary/aromatic N) is 3. The van der Waals surface area contributed by atoms with Gasteiger partial charge in [-0.1, -0.05) is 0 Å². The summed E-state index contributed by atoms with van der Waals surface area (Å²) in [4.78, 5) is 21.6. The van der Waals surface area contributed by atoms with Gasteiger partial charge in [0.2, 0.25) is 0 Å². The monoisotopic (exact) mass is 376 g/mol. The van der Waals surface area contributed by atoms with Gasteiger partial charge < -0.3 is 19.9 Å². The molecular weight excluding hydrogens is 352 g/mol. The molecule has 0 spiro atoms. The second kappa shape index (κ2) is 7.86. The van der Waals surface area contributed by atoms with E-state index in [1.165, 1.54) is 0 Å². The highest BCUT2D eigenvalue weighted by Gasteiger charge is 2.15. The normalized spacial score (nSPS) is 14.9. The number of piperazine rings is 1. The van der Waals surface area contributed by atoms with Crippen molar-refractivity contribution in [2.75, 3.05) is 50.6 Å². The minimum Gasteiger partial charge on any atom is -0.496 e. The van der Waals surface area contributed by atoms with E-state index in [-0.39, 0.29) is 5.91 Å². The molecule has 2 heterocycles. The number of nitrogens with one attached hydrogen (secondary N) is 1. The van der Waals surface area contributed by atoms with Crippen LogP contribution in [0.25, 0.3) is 10.8 Å². The first-order chi connectivity index (χ1) is 13.7. The molecule has 144 valence electrons. The van der Waals surface area contributed by atoms with E-state index in [1.54, 1.807) is 19.5 Å². The van der Waals surface area contributed by atoms with Crippen LogP contribution in [0.2, 0.25) is 0 Å². The van der Waals surface area contributed by atoms with Crippen molar-refractivity contribution < 1.29 is 9.53 Å². The first kappa shape index (κ1) is 18.3. The molecule has 0 aliphatic carbocycles. The van der Waals surface area contributed by atoms with Gasteiger partial charge in [-0.3, -0.25) is 9.78 Å². The highest BCUT2D eigenvalue weighted by Crippen LogP contribution is 2.31. The number of carbonyl (C=O) groups excluding carboxylic acids is 1. The summed E-state index contributed by atoms with van der Waals surface area (Å²) < 4.78 is 5.39. The third kappa shape index (κ3) is 3.64. The smallest absolute Gasteiger partial charge is 0.255 e. The molecule has 28 heavy (non-hydrogen) atoms. The number of carbonyl (C=O) groups is 1. The Morgan fingerprint density at radius 3 is 2.46 bits per heavy atom. The molecule has 6 nitrogen and oxygen atoms in total. The zero-order valence-corrected chi connectivity index (χ0v) is 16.2. The molecule has 6 heteroatoms. The van der Waals surface area contributed by atoms with Crippen LogP contribution in [0, 0.1) is 0 Å². The quantitative estimate of drug-likeness (QED) is 0.758. The fraction of sp³-hybridized carbons (Fsp3) is 0.273. The standard InChI is InChI=1S/C22H24N4O2/c1-25-11-13-26(14-12-25)17-5-3-16(4-6-17)22(27)24-20-7-8-21(28-2)19-15-23-10-9-18(19)20/h3-10,15H,11-14H2,1-2H3,(H,24,27). The van der Waals surface area contributed by atoms with E-state index in [0.29, 0.717) is 5.56 Å². The maximum absolute atomic E-state index is 12.8. The van der Waals surface area contributed by atoms with Gasteiger partial charge in [-0.05, 0) is 49.5 Å². The molecule has 1 N–H and O–H groups in total. The summed E-state index contributed by atoms with van der Waals surface area (Å²) in [6.45, 7) is 4.13. The predicted octanol–water partition coefficient (Wildman–Crippen LogP) is 3.25. The van der Waals surface area contributed by atoms with Gasteiger partial charge in [0, 0.05) is 66.3 Å². The highest BCUT2D eigenvalue weighted by molar-refractivity contribution is 6.10. The number of amides is 1. The third-order valence-corrected chi connectivity index (χ3v) is 5.24. The first-order valence-electron chi connectivity index (χ1n) is 9.41. The van der Waals surface area contributed by atoms with E-state index in [4.69, 9.17) is 4.74 Å². The maximum atomic E-state index is 12.8. The third-order valence-electron chi connectivity index (χ3n) is 5.24. The number of pyridine rings is 1. The van der Waals surface area contributed by atoms with Gasteiger partial charge in [0.1, 0.15) is 5.75 Å². The van der Waals surface area contributed by atoms with Gasteiger partial charge in [-0.15, -0.1) is 0 Å². The molecule has 0 atom stereocenters. The fourth-order valence-corrected chi connectivity index (χ4v) is 3.53. The Labute approximate surface area is 164 Å². The van der Waals surface area contributed by atoms with Gasteiger partial charge in [-0.2, -0.15) is 0 Å². The number of rotatable bonds is 4. The van der Waals surface area contributed by atoms with E-state index in [0.717, 1.165) is 54.1 Å². The van der Waals surface area contributed by atoms with Crippen LogP contribution in [-0.2, 0) is 0 Å². The number of fused-ring (bicyclic) bond motifs is 1. The molecule has 1 fully saturated rings. The summed E-state index contributed by atoms with van der Waals surface area (Å²) in [5.41, 5.74) is 2.54. The van der Waals surface area contributed by atoms with Crippen molar-refractivity contribution in [2.24, 2.45) is 0 Å². The van der Waals surface area contributed by atoms with Crippen molar-refractivity contribution in [3.8, 4) is 5.75 Å². The number of anilines is 2. The van der Waals surface area contributed by atoms with Crippen LogP contribution in [0.1, 0.15) is 10.4 Å². The van der Waals surface area contributed by atoms with Crippen LogP contribution in [0.15, 0.2) is 54.9 Å². The van der Waals surface area contributed by atoms with Crippen molar-refractivity contribution in [2.45, 2.75) is 0 Å². The second-order valence-corrected chi connectivity index (χ2v) is 7.03. The molecule has 1 saturated heterocycles. The Balaban J connectivity index is 1.52. The SMILES string of the molecule is COc1ccc(NC(=O)c2ccc(N3CCN(C)CC3)cc2)c2ccncc12. The van der Waals surface area contributed by atoms with Crippen molar-refractivity contribution >= 4 is 28.1 Å². The van der Waals surface area contributed by atoms with Gasteiger partial charge in [-0.25, -0.2) is 0 Å². The Morgan fingerprint density at radius 1 is 1.00 bits per heavy atom. The van der Waals surface area contributed by atoms with Crippen molar-refractivity contribution in [1.82, 2.24) is 9.88 Å². The summed E-state index contributed by atoms with van der Waals surface area (Å²) >= 11 is 0. The molecule has 1 aliphatic rings. The molecule has 1 amide bonds. The van der Waals surface area contributed by atoms with Crippen molar-refractivity contribution in [1.29, 1.82) is 0 Å². The van der Waals surface area contributed by atoms with Crippen LogP contribution >= 0.6 is 0 Å². The number of hydrogen-bond acceptors (Lipinski definition) is 5. The van der Waals surface area contributed by atoms with E-state index in [9.17, 15) is 4.79 Å². The zero-order valence-electron chi connectivity index (χ0n) is 16.2. The molecule has 1 aliphatic heterocycles. The Hall–Kier alpha value is -3.12. The molecule has 0 bridgehead atoms. The van der Waals surface area contributed by atoms with E-state index in [1.807, 2.05) is 42.5 Å². The van der Waals surface area contributed by atoms with Gasteiger partial charge in [0.25, 0.3) is 5.91 Å². The molecule has 4 rings (SSSR count). The molecule has 2 aromatic carbocycles. The van der Waals surface area contributed by atoms with Crippen LogP contribution in [0.3, 0.4) is 0 Å². The molecule has 0 unspecified atom stereocenters. The highest BCUT2D eigenvalue weighted by atomic mass is 16.5. The lowest BCUT2D eigenvalue weighted by Gasteiger charge is -2.34.